The van der Waals surface area contributed by atoms with E-state index in [1.54, 1.807) is 0 Å². The van der Waals surface area contributed by atoms with E-state index in [4.69, 9.17) is 11.4 Å². The topological polar surface area (TPSA) is 30.7 Å². The molecule has 0 N–H and O–H groups in total. The van der Waals surface area contributed by atoms with E-state index < -0.39 is 0 Å². The van der Waals surface area contributed by atoms with Gasteiger partial charge in [0.25, 0.3) is 0 Å². The van der Waals surface area contributed by atoms with Crippen LogP contribution < -0.4 is 0 Å². The van der Waals surface area contributed by atoms with Crippen molar-refractivity contribution in [2.75, 3.05) is 0 Å². The van der Waals surface area contributed by atoms with Crippen LogP contribution in [0.1, 0.15) is 42.1 Å². The van der Waals surface area contributed by atoms with Gasteiger partial charge in [0.15, 0.2) is 0 Å². The minimum atomic E-state index is 0.479. The quantitative estimate of drug-likeness (QED) is 0.656. The molecule has 0 saturated heterocycles. The molecule has 0 atom stereocenters. The van der Waals surface area contributed by atoms with Crippen LogP contribution in [0.5, 0.6) is 0 Å². The molecule has 4 rings (SSSR count). The number of rotatable bonds is 2. The summed E-state index contributed by atoms with van der Waals surface area (Å²) in [4.78, 5) is 9.42. The van der Waals surface area contributed by atoms with E-state index in [2.05, 4.69) is 33.7 Å². The Morgan fingerprint density at radius 3 is 2.61 bits per heavy atom. The molecular weight excluding hydrogens is 282 g/mol. The highest BCUT2D eigenvalue weighted by Gasteiger charge is 2.28. The third-order valence-corrected chi connectivity index (χ3v) is 4.73. The van der Waals surface area contributed by atoms with Crippen molar-refractivity contribution >= 4 is 11.0 Å². The van der Waals surface area contributed by atoms with Crippen molar-refractivity contribution in [1.82, 2.24) is 14.5 Å². The second kappa shape index (κ2) is 5.24. The standard InChI is InChI=1S/C20H19N3/c1-4-16-17-10-9-14(3)22-20(17)23(15-6-5-7-15)19(16)18-11-8-13(2)12-21-18/h1,8-12,15H,5-7H2,2-3H3. The van der Waals surface area contributed by atoms with Gasteiger partial charge in [-0.3, -0.25) is 4.98 Å². The molecule has 0 amide bonds. The average Bonchev–Trinajstić information content (AvgIpc) is 2.80. The number of aryl methyl sites for hydroxylation is 2. The first kappa shape index (κ1) is 14.0. The van der Waals surface area contributed by atoms with Gasteiger partial charge in [-0.15, -0.1) is 6.42 Å². The lowest BCUT2D eigenvalue weighted by Gasteiger charge is -2.29. The van der Waals surface area contributed by atoms with Gasteiger partial charge >= 0.3 is 0 Å². The number of terminal acetylenes is 1. The lowest BCUT2D eigenvalue weighted by molar-refractivity contribution is 0.322. The molecule has 1 aliphatic rings. The Morgan fingerprint density at radius 1 is 1.17 bits per heavy atom. The molecule has 23 heavy (non-hydrogen) atoms. The summed E-state index contributed by atoms with van der Waals surface area (Å²) in [5, 5.41) is 1.06. The molecule has 0 bridgehead atoms. The van der Waals surface area contributed by atoms with Gasteiger partial charge in [-0.1, -0.05) is 12.0 Å². The summed E-state index contributed by atoms with van der Waals surface area (Å²) in [7, 11) is 0. The third-order valence-electron chi connectivity index (χ3n) is 4.73. The number of fused-ring (bicyclic) bond motifs is 1. The van der Waals surface area contributed by atoms with Gasteiger partial charge in [0.2, 0.25) is 0 Å². The fourth-order valence-corrected chi connectivity index (χ4v) is 3.28. The van der Waals surface area contributed by atoms with Crippen molar-refractivity contribution in [3.8, 4) is 23.7 Å². The lowest BCUT2D eigenvalue weighted by atomic mass is 9.92. The molecule has 3 heteroatoms. The summed E-state index contributed by atoms with van der Waals surface area (Å²) in [6, 6.07) is 8.75. The van der Waals surface area contributed by atoms with Crippen LogP contribution in [0.25, 0.3) is 22.4 Å². The zero-order valence-electron chi connectivity index (χ0n) is 13.5. The summed E-state index contributed by atoms with van der Waals surface area (Å²) in [6.07, 6.45) is 11.4. The molecule has 0 spiro atoms. The molecule has 0 aromatic carbocycles. The maximum absolute atomic E-state index is 5.88. The fraction of sp³-hybridized carbons (Fsp3) is 0.300. The summed E-state index contributed by atoms with van der Waals surface area (Å²) < 4.78 is 2.33. The smallest absolute Gasteiger partial charge is 0.142 e. The Kier molecular flexibility index (Phi) is 3.20. The van der Waals surface area contributed by atoms with Gasteiger partial charge in [0, 0.05) is 23.3 Å². The Bertz CT molecular complexity index is 922. The Balaban J connectivity index is 2.08. The van der Waals surface area contributed by atoms with Crippen molar-refractivity contribution in [2.45, 2.75) is 39.2 Å². The lowest BCUT2D eigenvalue weighted by Crippen LogP contribution is -2.18. The van der Waals surface area contributed by atoms with Gasteiger partial charge < -0.3 is 4.57 Å². The normalized spacial score (nSPS) is 14.7. The summed E-state index contributed by atoms with van der Waals surface area (Å²) in [5.74, 6) is 2.89. The maximum Gasteiger partial charge on any atom is 0.142 e. The van der Waals surface area contributed by atoms with Crippen molar-refractivity contribution < 1.29 is 0 Å². The van der Waals surface area contributed by atoms with E-state index in [-0.39, 0.29) is 0 Å². The summed E-state index contributed by atoms with van der Waals surface area (Å²) in [5.41, 5.74) is 6.06. The van der Waals surface area contributed by atoms with Crippen LogP contribution in [-0.4, -0.2) is 14.5 Å². The number of hydrogen-bond acceptors (Lipinski definition) is 2. The van der Waals surface area contributed by atoms with Crippen LogP contribution in [0.4, 0.5) is 0 Å². The predicted molar refractivity (Wildman–Crippen MR) is 93.3 cm³/mol. The van der Waals surface area contributed by atoms with Crippen LogP contribution in [-0.2, 0) is 0 Å². The number of pyridine rings is 2. The first-order valence-corrected chi connectivity index (χ1v) is 8.10. The Hall–Kier alpha value is -2.60. The number of aromatic nitrogens is 3. The minimum Gasteiger partial charge on any atom is -0.320 e. The third kappa shape index (κ3) is 2.14. The molecule has 3 aromatic heterocycles. The van der Waals surface area contributed by atoms with Crippen LogP contribution >= 0.6 is 0 Å². The molecule has 1 fully saturated rings. The highest BCUT2D eigenvalue weighted by atomic mass is 15.1. The summed E-state index contributed by atoms with van der Waals surface area (Å²) in [6.45, 7) is 4.07. The first-order chi connectivity index (χ1) is 11.2. The average molecular weight is 301 g/mol. The van der Waals surface area contributed by atoms with Gasteiger partial charge in [-0.25, -0.2) is 4.98 Å². The van der Waals surface area contributed by atoms with E-state index in [9.17, 15) is 0 Å². The molecule has 3 heterocycles. The molecule has 3 aromatic rings. The van der Waals surface area contributed by atoms with E-state index in [0.717, 1.165) is 39.2 Å². The molecular formula is C20H19N3. The molecule has 1 saturated carbocycles. The fourth-order valence-electron chi connectivity index (χ4n) is 3.28. The van der Waals surface area contributed by atoms with E-state index in [1.165, 1.54) is 19.3 Å². The monoisotopic (exact) mass is 301 g/mol. The largest absolute Gasteiger partial charge is 0.320 e. The van der Waals surface area contributed by atoms with Crippen LogP contribution in [0.2, 0.25) is 0 Å². The van der Waals surface area contributed by atoms with Crippen molar-refractivity contribution in [3.63, 3.8) is 0 Å². The molecule has 0 aliphatic heterocycles. The molecule has 0 radical (unpaired) electrons. The van der Waals surface area contributed by atoms with Crippen molar-refractivity contribution in [3.05, 3.63) is 47.3 Å². The van der Waals surface area contributed by atoms with Gasteiger partial charge in [0.1, 0.15) is 5.65 Å². The van der Waals surface area contributed by atoms with Gasteiger partial charge in [0.05, 0.1) is 17.0 Å². The minimum absolute atomic E-state index is 0.479. The maximum atomic E-state index is 5.88. The Labute approximate surface area is 136 Å². The zero-order chi connectivity index (χ0) is 16.0. The van der Waals surface area contributed by atoms with Gasteiger partial charge in [-0.05, 0) is 56.9 Å². The first-order valence-electron chi connectivity index (χ1n) is 8.10. The van der Waals surface area contributed by atoms with Crippen molar-refractivity contribution in [1.29, 1.82) is 0 Å². The van der Waals surface area contributed by atoms with Crippen LogP contribution in [0, 0.1) is 26.2 Å². The highest BCUT2D eigenvalue weighted by Crippen LogP contribution is 2.41. The van der Waals surface area contributed by atoms with Crippen molar-refractivity contribution in [2.24, 2.45) is 0 Å². The van der Waals surface area contributed by atoms with Gasteiger partial charge in [-0.2, -0.15) is 0 Å². The van der Waals surface area contributed by atoms with Crippen LogP contribution in [0.15, 0.2) is 30.5 Å². The predicted octanol–water partition coefficient (Wildman–Crippen LogP) is 4.42. The Morgan fingerprint density at radius 2 is 2.00 bits per heavy atom. The molecule has 114 valence electrons. The second-order valence-electron chi connectivity index (χ2n) is 6.37. The molecule has 1 aliphatic carbocycles. The zero-order valence-corrected chi connectivity index (χ0v) is 13.5. The highest BCUT2D eigenvalue weighted by molar-refractivity contribution is 5.92. The van der Waals surface area contributed by atoms with Crippen LogP contribution in [0.3, 0.4) is 0 Å². The van der Waals surface area contributed by atoms with E-state index in [0.29, 0.717) is 6.04 Å². The van der Waals surface area contributed by atoms with E-state index in [1.807, 2.05) is 26.1 Å². The molecule has 0 unspecified atom stereocenters. The second-order valence-corrected chi connectivity index (χ2v) is 6.37. The number of nitrogens with zero attached hydrogens (tertiary/aromatic N) is 3. The number of hydrogen-bond donors (Lipinski definition) is 0. The van der Waals surface area contributed by atoms with E-state index >= 15 is 0 Å². The summed E-state index contributed by atoms with van der Waals surface area (Å²) >= 11 is 0. The molecule has 3 nitrogen and oxygen atoms in total. The SMILES string of the molecule is C#Cc1c(-c2ccc(C)cn2)n(C2CCC2)c2nc(C)ccc12.